The molecule has 0 bridgehead atoms. The molecule has 152 valence electrons. The van der Waals surface area contributed by atoms with Crippen molar-refractivity contribution >= 4 is 28.3 Å². The van der Waals surface area contributed by atoms with Gasteiger partial charge in [-0.25, -0.2) is 8.42 Å². The largest absolute Gasteiger partial charge is 0.354 e. The van der Waals surface area contributed by atoms with E-state index in [1.54, 1.807) is 12.1 Å². The number of nitrogens with zero attached hydrogens (tertiary/aromatic N) is 1. The molecule has 27 heavy (non-hydrogen) atoms. The Hall–Kier alpha value is -1.15. The molecular weight excluding hydrogens is 386 g/mol. The van der Waals surface area contributed by atoms with Gasteiger partial charge in [0, 0.05) is 31.6 Å². The maximum absolute atomic E-state index is 12.8. The molecule has 1 heterocycles. The molecule has 1 amide bonds. The molecule has 1 aliphatic carbocycles. The average molecular weight is 416 g/mol. The van der Waals surface area contributed by atoms with Gasteiger partial charge in [-0.05, 0) is 68.7 Å². The summed E-state index contributed by atoms with van der Waals surface area (Å²) in [5, 5.41) is 2.94. The molecule has 1 aromatic rings. The Kier molecular flexibility index (Phi) is 7.30. The Morgan fingerprint density at radius 2 is 1.81 bits per heavy atom. The molecule has 1 aliphatic heterocycles. The first-order chi connectivity index (χ1) is 12.3. The molecule has 1 unspecified atom stereocenters. The van der Waals surface area contributed by atoms with Crippen molar-refractivity contribution in [3.8, 4) is 0 Å². The topological polar surface area (TPSA) is 92.5 Å². The summed E-state index contributed by atoms with van der Waals surface area (Å²) in [6, 6.07) is 5.27. The SMILES string of the molecule is Cc1ccc(S(=O)(=O)N2CCC(C(=O)NCC(N)C3CC3)CC2)cc1C.Cl. The van der Waals surface area contributed by atoms with Crippen molar-refractivity contribution in [2.45, 2.75) is 50.5 Å². The average Bonchev–Trinajstić information content (AvgIpc) is 3.47. The highest BCUT2D eigenvalue weighted by atomic mass is 35.5. The standard InChI is InChI=1S/C19H29N3O3S.ClH/c1-13-3-6-17(11-14(13)2)26(24,25)22-9-7-16(8-10-22)19(23)21-12-18(20)15-4-5-15;/h3,6,11,15-16,18H,4-5,7-10,12,20H2,1-2H3,(H,21,23);1H. The number of amides is 1. The second kappa shape index (κ2) is 8.90. The van der Waals surface area contributed by atoms with Crippen molar-refractivity contribution in [3.05, 3.63) is 29.3 Å². The quantitative estimate of drug-likeness (QED) is 0.742. The second-order valence-corrected chi connectivity index (χ2v) is 9.61. The first-order valence-electron chi connectivity index (χ1n) is 9.39. The van der Waals surface area contributed by atoms with E-state index in [0.717, 1.165) is 24.0 Å². The fourth-order valence-corrected chi connectivity index (χ4v) is 4.99. The van der Waals surface area contributed by atoms with E-state index in [1.807, 2.05) is 19.9 Å². The van der Waals surface area contributed by atoms with Crippen molar-refractivity contribution in [1.29, 1.82) is 0 Å². The van der Waals surface area contributed by atoms with Crippen LogP contribution in [-0.4, -0.2) is 44.3 Å². The minimum Gasteiger partial charge on any atom is -0.354 e. The molecular formula is C19H30ClN3O3S. The summed E-state index contributed by atoms with van der Waals surface area (Å²) in [5.74, 6) is 0.428. The third-order valence-electron chi connectivity index (χ3n) is 5.68. The fraction of sp³-hybridized carbons (Fsp3) is 0.632. The number of sulfonamides is 1. The maximum atomic E-state index is 12.8. The van der Waals surface area contributed by atoms with Gasteiger partial charge in [-0.2, -0.15) is 4.31 Å². The molecule has 3 rings (SSSR count). The first-order valence-corrected chi connectivity index (χ1v) is 10.8. The van der Waals surface area contributed by atoms with Crippen LogP contribution >= 0.6 is 12.4 Å². The van der Waals surface area contributed by atoms with Crippen LogP contribution in [0.1, 0.15) is 36.8 Å². The summed E-state index contributed by atoms with van der Waals surface area (Å²) >= 11 is 0. The maximum Gasteiger partial charge on any atom is 0.243 e. The van der Waals surface area contributed by atoms with Gasteiger partial charge in [-0.15, -0.1) is 12.4 Å². The van der Waals surface area contributed by atoms with E-state index in [2.05, 4.69) is 5.32 Å². The van der Waals surface area contributed by atoms with Gasteiger partial charge in [0.05, 0.1) is 4.90 Å². The number of benzene rings is 1. The number of carbonyl (C=O) groups is 1. The zero-order chi connectivity index (χ0) is 18.9. The molecule has 0 aromatic heterocycles. The van der Waals surface area contributed by atoms with Gasteiger partial charge in [-0.3, -0.25) is 4.79 Å². The molecule has 1 saturated carbocycles. The minimum absolute atomic E-state index is 0. The number of nitrogens with two attached hydrogens (primary N) is 1. The van der Waals surface area contributed by atoms with Gasteiger partial charge in [-0.1, -0.05) is 6.07 Å². The van der Waals surface area contributed by atoms with Crippen molar-refractivity contribution in [2.75, 3.05) is 19.6 Å². The Labute approximate surface area is 168 Å². The van der Waals surface area contributed by atoms with E-state index in [9.17, 15) is 13.2 Å². The molecule has 2 aliphatic rings. The number of hydrogen-bond acceptors (Lipinski definition) is 4. The van der Waals surface area contributed by atoms with E-state index in [0.29, 0.717) is 43.3 Å². The Bertz CT molecular complexity index is 772. The summed E-state index contributed by atoms with van der Waals surface area (Å²) in [7, 11) is -3.50. The van der Waals surface area contributed by atoms with Crippen LogP contribution in [-0.2, 0) is 14.8 Å². The van der Waals surface area contributed by atoms with E-state index in [1.165, 1.54) is 4.31 Å². The van der Waals surface area contributed by atoms with Crippen LogP contribution in [0, 0.1) is 25.7 Å². The summed E-state index contributed by atoms with van der Waals surface area (Å²) in [4.78, 5) is 12.7. The van der Waals surface area contributed by atoms with Crippen LogP contribution < -0.4 is 11.1 Å². The summed E-state index contributed by atoms with van der Waals surface area (Å²) in [6.07, 6.45) is 3.42. The molecule has 8 heteroatoms. The van der Waals surface area contributed by atoms with Crippen LogP contribution in [0.25, 0.3) is 0 Å². The van der Waals surface area contributed by atoms with Crippen molar-refractivity contribution in [3.63, 3.8) is 0 Å². The smallest absolute Gasteiger partial charge is 0.243 e. The van der Waals surface area contributed by atoms with Crippen molar-refractivity contribution in [2.24, 2.45) is 17.6 Å². The third kappa shape index (κ3) is 5.22. The summed E-state index contributed by atoms with van der Waals surface area (Å²) in [5.41, 5.74) is 8.06. The number of nitrogens with one attached hydrogen (secondary N) is 1. The second-order valence-electron chi connectivity index (χ2n) is 7.67. The van der Waals surface area contributed by atoms with E-state index >= 15 is 0 Å². The Morgan fingerprint density at radius 1 is 1.19 bits per heavy atom. The highest BCUT2D eigenvalue weighted by Crippen LogP contribution is 2.31. The van der Waals surface area contributed by atoms with E-state index in [4.69, 9.17) is 5.73 Å². The van der Waals surface area contributed by atoms with Crippen LogP contribution in [0.4, 0.5) is 0 Å². The zero-order valence-corrected chi connectivity index (χ0v) is 17.6. The van der Waals surface area contributed by atoms with Gasteiger partial charge in [0.25, 0.3) is 0 Å². The lowest BCUT2D eigenvalue weighted by Crippen LogP contribution is -2.45. The Balaban J connectivity index is 0.00000261. The third-order valence-corrected chi connectivity index (χ3v) is 7.58. The van der Waals surface area contributed by atoms with Crippen LogP contribution in [0.3, 0.4) is 0 Å². The molecule has 1 saturated heterocycles. The highest BCUT2D eigenvalue weighted by molar-refractivity contribution is 7.89. The Morgan fingerprint density at radius 3 is 2.37 bits per heavy atom. The fourth-order valence-electron chi connectivity index (χ4n) is 3.44. The van der Waals surface area contributed by atoms with Gasteiger partial charge in [0.2, 0.25) is 15.9 Å². The normalized spacial score (nSPS) is 20.0. The predicted molar refractivity (Wildman–Crippen MR) is 108 cm³/mol. The van der Waals surface area contributed by atoms with Gasteiger partial charge >= 0.3 is 0 Å². The van der Waals surface area contributed by atoms with Crippen LogP contribution in [0.2, 0.25) is 0 Å². The number of piperidine rings is 1. The molecule has 6 nitrogen and oxygen atoms in total. The van der Waals surface area contributed by atoms with Gasteiger partial charge in [0.15, 0.2) is 0 Å². The molecule has 3 N–H and O–H groups in total. The van der Waals surface area contributed by atoms with E-state index in [-0.39, 0.29) is 30.3 Å². The number of hydrogen-bond donors (Lipinski definition) is 2. The van der Waals surface area contributed by atoms with Crippen molar-refractivity contribution in [1.82, 2.24) is 9.62 Å². The first kappa shape index (κ1) is 22.1. The molecule has 0 radical (unpaired) electrons. The molecule has 1 aromatic carbocycles. The number of rotatable bonds is 6. The molecule has 1 atom stereocenters. The highest BCUT2D eigenvalue weighted by Gasteiger charge is 2.33. The lowest BCUT2D eigenvalue weighted by Gasteiger charge is -2.31. The van der Waals surface area contributed by atoms with E-state index < -0.39 is 10.0 Å². The number of halogens is 1. The molecule has 2 fully saturated rings. The van der Waals surface area contributed by atoms with Gasteiger partial charge in [0.1, 0.15) is 0 Å². The monoisotopic (exact) mass is 415 g/mol. The number of carbonyl (C=O) groups excluding carboxylic acids is 1. The van der Waals surface area contributed by atoms with Crippen LogP contribution in [0.5, 0.6) is 0 Å². The lowest BCUT2D eigenvalue weighted by atomic mass is 9.97. The molecule has 0 spiro atoms. The predicted octanol–water partition coefficient (Wildman–Crippen LogP) is 1.98. The lowest BCUT2D eigenvalue weighted by molar-refractivity contribution is -0.126. The number of aryl methyl sites for hydroxylation is 2. The zero-order valence-electron chi connectivity index (χ0n) is 16.0. The summed E-state index contributed by atoms with van der Waals surface area (Å²) < 4.78 is 27.2. The minimum atomic E-state index is -3.50. The van der Waals surface area contributed by atoms with Crippen LogP contribution in [0.15, 0.2) is 23.1 Å². The van der Waals surface area contributed by atoms with Gasteiger partial charge < -0.3 is 11.1 Å². The summed E-state index contributed by atoms with van der Waals surface area (Å²) in [6.45, 7) is 5.15. The van der Waals surface area contributed by atoms with Crippen molar-refractivity contribution < 1.29 is 13.2 Å².